The number of halogens is 1. The van der Waals surface area contributed by atoms with Crippen LogP contribution in [0, 0.1) is 6.92 Å². The van der Waals surface area contributed by atoms with E-state index in [1.165, 1.54) is 3.11 Å². The highest BCUT2D eigenvalue weighted by atomic mass is 127. The minimum atomic E-state index is -0.0728. The predicted molar refractivity (Wildman–Crippen MR) is 56.4 cm³/mol. The number of nitrogens with two attached hydrogens (primary N) is 1. The average Bonchev–Trinajstić information content (AvgIpc) is 2.51. The molecule has 1 amide bonds. The Bertz CT molecular complexity index is 300. The summed E-state index contributed by atoms with van der Waals surface area (Å²) in [5, 5.41) is 3.70. The highest BCUT2D eigenvalue weighted by Gasteiger charge is 2.14. The summed E-state index contributed by atoms with van der Waals surface area (Å²) >= 11 is 1.88. The first-order chi connectivity index (χ1) is 6.15. The second kappa shape index (κ2) is 4.56. The van der Waals surface area contributed by atoms with Gasteiger partial charge >= 0.3 is 0 Å². The molecule has 72 valence electrons. The number of carbonyl (C=O) groups is 1. The predicted octanol–water partition coefficient (Wildman–Crippen LogP) is 1.01. The molecule has 0 saturated carbocycles. The van der Waals surface area contributed by atoms with Crippen molar-refractivity contribution in [3.05, 3.63) is 11.8 Å². The lowest BCUT2D eigenvalue weighted by atomic mass is 10.4. The standard InChI is InChI=1S/C7H10IN3O2/c1-5-4-6(10-13-5)11(8)7(12)2-3-9/h4H,2-3,9H2,1H3. The molecule has 0 saturated heterocycles. The highest BCUT2D eigenvalue weighted by molar-refractivity contribution is 14.1. The molecule has 0 radical (unpaired) electrons. The molecule has 6 heteroatoms. The molecule has 0 aliphatic rings. The van der Waals surface area contributed by atoms with Gasteiger partial charge in [0.2, 0.25) is 5.91 Å². The third-order valence-electron chi connectivity index (χ3n) is 1.39. The summed E-state index contributed by atoms with van der Waals surface area (Å²) in [6.45, 7) is 2.11. The normalized spacial score (nSPS) is 10.1. The van der Waals surface area contributed by atoms with E-state index in [4.69, 9.17) is 10.3 Å². The topological polar surface area (TPSA) is 72.4 Å². The molecule has 0 aliphatic heterocycles. The van der Waals surface area contributed by atoms with Crippen LogP contribution >= 0.6 is 22.9 Å². The Morgan fingerprint density at radius 1 is 1.85 bits per heavy atom. The van der Waals surface area contributed by atoms with Gasteiger partial charge in [-0.15, -0.1) is 0 Å². The van der Waals surface area contributed by atoms with Gasteiger partial charge in [0.1, 0.15) is 5.76 Å². The van der Waals surface area contributed by atoms with Gasteiger partial charge in [0.15, 0.2) is 5.82 Å². The molecule has 1 aromatic rings. The van der Waals surface area contributed by atoms with Gasteiger partial charge in [0, 0.05) is 19.0 Å². The van der Waals surface area contributed by atoms with Gasteiger partial charge in [0.05, 0.1) is 22.9 Å². The third-order valence-corrected chi connectivity index (χ3v) is 2.43. The van der Waals surface area contributed by atoms with Crippen LogP contribution in [0.15, 0.2) is 10.6 Å². The van der Waals surface area contributed by atoms with E-state index in [9.17, 15) is 4.79 Å². The molecule has 2 N–H and O–H groups in total. The van der Waals surface area contributed by atoms with Crippen molar-refractivity contribution >= 4 is 34.6 Å². The lowest BCUT2D eigenvalue weighted by Gasteiger charge is -2.08. The van der Waals surface area contributed by atoms with E-state index < -0.39 is 0 Å². The van der Waals surface area contributed by atoms with Crippen LogP contribution in [-0.4, -0.2) is 17.6 Å². The van der Waals surface area contributed by atoms with Crippen LogP contribution in [0.3, 0.4) is 0 Å². The fraction of sp³-hybridized carbons (Fsp3) is 0.429. The van der Waals surface area contributed by atoms with Crippen molar-refractivity contribution in [3.8, 4) is 0 Å². The maximum absolute atomic E-state index is 11.3. The fourth-order valence-corrected chi connectivity index (χ4v) is 1.26. The highest BCUT2D eigenvalue weighted by Crippen LogP contribution is 2.18. The summed E-state index contributed by atoms with van der Waals surface area (Å²) in [6.07, 6.45) is 0.314. The van der Waals surface area contributed by atoms with Crippen LogP contribution in [0.25, 0.3) is 0 Å². The smallest absolute Gasteiger partial charge is 0.238 e. The molecule has 1 aromatic heterocycles. The SMILES string of the molecule is Cc1cc(N(I)C(=O)CCN)no1. The van der Waals surface area contributed by atoms with Crippen LogP contribution in [0.5, 0.6) is 0 Å². The van der Waals surface area contributed by atoms with Crippen LogP contribution < -0.4 is 8.85 Å². The summed E-state index contributed by atoms with van der Waals surface area (Å²) in [5.41, 5.74) is 5.26. The molecule has 0 spiro atoms. The quantitative estimate of drug-likeness (QED) is 0.667. The van der Waals surface area contributed by atoms with Crippen molar-refractivity contribution < 1.29 is 9.32 Å². The first kappa shape index (κ1) is 10.5. The largest absolute Gasteiger partial charge is 0.360 e. The lowest BCUT2D eigenvalue weighted by Crippen LogP contribution is -2.22. The van der Waals surface area contributed by atoms with Crippen LogP contribution in [0.1, 0.15) is 12.2 Å². The third kappa shape index (κ3) is 2.66. The van der Waals surface area contributed by atoms with Gasteiger partial charge in [-0.25, -0.2) is 3.11 Å². The van der Waals surface area contributed by atoms with Gasteiger partial charge in [-0.2, -0.15) is 0 Å². The number of carbonyl (C=O) groups excluding carboxylic acids is 1. The minimum absolute atomic E-state index is 0.0728. The van der Waals surface area contributed by atoms with Gasteiger partial charge < -0.3 is 10.3 Å². The van der Waals surface area contributed by atoms with Crippen molar-refractivity contribution in [2.24, 2.45) is 5.73 Å². The number of hydrogen-bond acceptors (Lipinski definition) is 4. The Hall–Kier alpha value is -0.630. The zero-order valence-electron chi connectivity index (χ0n) is 7.16. The van der Waals surface area contributed by atoms with E-state index in [-0.39, 0.29) is 5.91 Å². The van der Waals surface area contributed by atoms with Crippen molar-refractivity contribution in [1.29, 1.82) is 0 Å². The maximum atomic E-state index is 11.3. The van der Waals surface area contributed by atoms with E-state index in [1.807, 2.05) is 22.9 Å². The summed E-state index contributed by atoms with van der Waals surface area (Å²) in [7, 11) is 0. The number of aryl methyl sites for hydroxylation is 1. The summed E-state index contributed by atoms with van der Waals surface area (Å²) < 4.78 is 6.24. The van der Waals surface area contributed by atoms with Crippen molar-refractivity contribution in [2.75, 3.05) is 9.66 Å². The van der Waals surface area contributed by atoms with Crippen molar-refractivity contribution in [3.63, 3.8) is 0 Å². The number of anilines is 1. The molecule has 13 heavy (non-hydrogen) atoms. The van der Waals surface area contributed by atoms with Crippen LogP contribution in [0.2, 0.25) is 0 Å². The first-order valence-electron chi connectivity index (χ1n) is 3.77. The van der Waals surface area contributed by atoms with Gasteiger partial charge in [-0.3, -0.25) is 4.79 Å². The number of aromatic nitrogens is 1. The maximum Gasteiger partial charge on any atom is 0.238 e. The number of rotatable bonds is 3. The van der Waals surface area contributed by atoms with Crippen LogP contribution in [-0.2, 0) is 4.79 Å². The van der Waals surface area contributed by atoms with Gasteiger partial charge in [-0.1, -0.05) is 5.16 Å². The summed E-state index contributed by atoms with van der Waals surface area (Å²) in [4.78, 5) is 11.3. The Balaban J connectivity index is 2.67. The summed E-state index contributed by atoms with van der Waals surface area (Å²) in [6, 6.07) is 1.70. The molecule has 5 nitrogen and oxygen atoms in total. The molecule has 0 bridgehead atoms. The molecule has 1 heterocycles. The minimum Gasteiger partial charge on any atom is -0.360 e. The van der Waals surface area contributed by atoms with E-state index in [0.29, 0.717) is 24.5 Å². The van der Waals surface area contributed by atoms with E-state index in [0.717, 1.165) is 0 Å². The van der Waals surface area contributed by atoms with E-state index >= 15 is 0 Å². The molecule has 0 atom stereocenters. The zero-order chi connectivity index (χ0) is 9.84. The van der Waals surface area contributed by atoms with E-state index in [2.05, 4.69) is 5.16 Å². The molecule has 0 aromatic carbocycles. The molecule has 0 aliphatic carbocycles. The molecular weight excluding hydrogens is 285 g/mol. The average molecular weight is 295 g/mol. The summed E-state index contributed by atoms with van der Waals surface area (Å²) in [5.74, 6) is 1.12. The zero-order valence-corrected chi connectivity index (χ0v) is 9.32. The molecule has 1 rings (SSSR count). The van der Waals surface area contributed by atoms with Gasteiger partial charge in [0.25, 0.3) is 0 Å². The monoisotopic (exact) mass is 295 g/mol. The molecule has 0 fully saturated rings. The van der Waals surface area contributed by atoms with Crippen molar-refractivity contribution in [2.45, 2.75) is 13.3 Å². The van der Waals surface area contributed by atoms with Crippen molar-refractivity contribution in [1.82, 2.24) is 5.16 Å². The Kier molecular flexibility index (Phi) is 3.67. The Morgan fingerprint density at radius 3 is 3.00 bits per heavy atom. The Labute approximate surface area is 89.7 Å². The second-order valence-corrected chi connectivity index (χ2v) is 3.47. The first-order valence-corrected chi connectivity index (χ1v) is 4.73. The van der Waals surface area contributed by atoms with Crippen LogP contribution in [0.4, 0.5) is 5.82 Å². The number of hydrogen-bond donors (Lipinski definition) is 1. The molecule has 0 unspecified atom stereocenters. The van der Waals surface area contributed by atoms with E-state index in [1.54, 1.807) is 13.0 Å². The molecular formula is C7H10IN3O2. The second-order valence-electron chi connectivity index (χ2n) is 2.51. The Morgan fingerprint density at radius 2 is 2.54 bits per heavy atom. The lowest BCUT2D eigenvalue weighted by molar-refractivity contribution is -0.116. The fourth-order valence-electron chi connectivity index (χ4n) is 0.795. The number of nitrogens with zero attached hydrogens (tertiary/aromatic N) is 2. The van der Waals surface area contributed by atoms with Gasteiger partial charge in [-0.05, 0) is 6.92 Å². The number of amides is 1.